The first kappa shape index (κ1) is 20.0. The molecule has 0 bridgehead atoms. The molecule has 7 nitrogen and oxygen atoms in total. The van der Waals surface area contributed by atoms with Crippen molar-refractivity contribution in [2.45, 2.75) is 31.2 Å². The molecule has 0 amide bonds. The van der Waals surface area contributed by atoms with Gasteiger partial charge in [-0.15, -0.1) is 0 Å². The van der Waals surface area contributed by atoms with Gasteiger partial charge in [0.25, 0.3) is 0 Å². The maximum Gasteiger partial charge on any atom is 0.318 e. The number of hydrogen-bond donors (Lipinski definition) is 1. The van der Waals surface area contributed by atoms with E-state index in [0.717, 1.165) is 10.7 Å². The summed E-state index contributed by atoms with van der Waals surface area (Å²) in [4.78, 5) is 10.9. The van der Waals surface area contributed by atoms with E-state index in [0.29, 0.717) is 19.8 Å². The van der Waals surface area contributed by atoms with Crippen molar-refractivity contribution >= 4 is 27.6 Å². The van der Waals surface area contributed by atoms with E-state index < -0.39 is 28.6 Å². The largest absolute Gasteiger partial charge is 0.492 e. The lowest BCUT2D eigenvalue weighted by atomic mass is 10.1. The maximum atomic E-state index is 13.0. The molecule has 1 aliphatic heterocycles. The fraction of sp³-hybridized carbons (Fsp3) is 0.562. The number of ether oxygens (including phenoxy) is 2. The summed E-state index contributed by atoms with van der Waals surface area (Å²) in [6.45, 7) is 4.16. The molecule has 0 radical (unpaired) electrons. The number of carboxylic acid groups (broad SMARTS) is 1. The van der Waals surface area contributed by atoms with Crippen LogP contribution in [0.15, 0.2) is 23.1 Å². The monoisotopic (exact) mass is 391 g/mol. The number of carbonyl (C=O) groups is 1. The van der Waals surface area contributed by atoms with Gasteiger partial charge in [-0.1, -0.05) is 11.6 Å². The SMILES string of the molecule is CC(C)N(CC(=O)O)S(=O)(=O)c1cc(Cl)ccc1OCC1CCOC1. The van der Waals surface area contributed by atoms with Gasteiger partial charge < -0.3 is 14.6 Å². The van der Waals surface area contributed by atoms with Crippen molar-refractivity contribution in [1.82, 2.24) is 4.31 Å². The Morgan fingerprint density at radius 3 is 2.76 bits per heavy atom. The van der Waals surface area contributed by atoms with Crippen molar-refractivity contribution in [2.24, 2.45) is 5.92 Å². The summed E-state index contributed by atoms with van der Waals surface area (Å²) in [7, 11) is -4.08. The summed E-state index contributed by atoms with van der Waals surface area (Å²) in [6.07, 6.45) is 0.854. The fourth-order valence-electron chi connectivity index (χ4n) is 2.53. The molecule has 1 atom stereocenters. The van der Waals surface area contributed by atoms with Crippen LogP contribution in [0.3, 0.4) is 0 Å². The molecule has 1 saturated heterocycles. The molecule has 140 valence electrons. The second-order valence-corrected chi connectivity index (χ2v) is 8.46. The van der Waals surface area contributed by atoms with Gasteiger partial charge in [0.2, 0.25) is 10.0 Å². The highest BCUT2D eigenvalue weighted by Crippen LogP contribution is 2.31. The summed E-state index contributed by atoms with van der Waals surface area (Å²) in [5, 5.41) is 9.27. The zero-order valence-corrected chi connectivity index (χ0v) is 15.7. The molecule has 1 fully saturated rings. The van der Waals surface area contributed by atoms with Crippen molar-refractivity contribution in [3.63, 3.8) is 0 Å². The third kappa shape index (κ3) is 5.07. The van der Waals surface area contributed by atoms with Crippen molar-refractivity contribution in [3.8, 4) is 5.75 Å². The number of halogens is 1. The first-order valence-corrected chi connectivity index (χ1v) is 9.77. The Morgan fingerprint density at radius 2 is 2.20 bits per heavy atom. The fourth-order valence-corrected chi connectivity index (χ4v) is 4.51. The van der Waals surface area contributed by atoms with E-state index in [1.807, 2.05) is 0 Å². The average Bonchev–Trinajstić information content (AvgIpc) is 3.04. The number of carboxylic acids is 1. The van der Waals surface area contributed by atoms with Gasteiger partial charge in [0.15, 0.2) is 0 Å². The minimum Gasteiger partial charge on any atom is -0.492 e. The number of hydrogen-bond acceptors (Lipinski definition) is 5. The average molecular weight is 392 g/mol. The molecule has 0 saturated carbocycles. The van der Waals surface area contributed by atoms with E-state index >= 15 is 0 Å². The van der Waals surface area contributed by atoms with Crippen LogP contribution in [0.5, 0.6) is 5.75 Å². The van der Waals surface area contributed by atoms with Crippen molar-refractivity contribution in [2.75, 3.05) is 26.4 Å². The molecule has 25 heavy (non-hydrogen) atoms. The van der Waals surface area contributed by atoms with Crippen molar-refractivity contribution in [3.05, 3.63) is 23.2 Å². The molecule has 9 heteroatoms. The topological polar surface area (TPSA) is 93.1 Å². The highest BCUT2D eigenvalue weighted by atomic mass is 35.5. The number of nitrogens with zero attached hydrogens (tertiary/aromatic N) is 1. The lowest BCUT2D eigenvalue weighted by Crippen LogP contribution is -2.40. The van der Waals surface area contributed by atoms with Crippen LogP contribution in [0, 0.1) is 5.92 Å². The van der Waals surface area contributed by atoms with Crippen LogP contribution >= 0.6 is 11.6 Å². The molecule has 1 aromatic carbocycles. The Balaban J connectivity index is 2.33. The number of sulfonamides is 1. The highest BCUT2D eigenvalue weighted by Gasteiger charge is 2.32. The summed E-state index contributed by atoms with van der Waals surface area (Å²) in [5.74, 6) is -0.872. The number of benzene rings is 1. The second-order valence-electron chi connectivity index (χ2n) is 6.17. The Bertz CT molecular complexity index is 715. The van der Waals surface area contributed by atoms with Crippen LogP contribution in [0.1, 0.15) is 20.3 Å². The predicted molar refractivity (Wildman–Crippen MR) is 92.5 cm³/mol. The van der Waals surface area contributed by atoms with Gasteiger partial charge in [-0.3, -0.25) is 4.79 Å². The van der Waals surface area contributed by atoms with Gasteiger partial charge in [0.1, 0.15) is 17.2 Å². The zero-order chi connectivity index (χ0) is 18.6. The van der Waals surface area contributed by atoms with Crippen molar-refractivity contribution < 1.29 is 27.8 Å². The van der Waals surface area contributed by atoms with E-state index in [9.17, 15) is 13.2 Å². The lowest BCUT2D eigenvalue weighted by Gasteiger charge is -2.25. The van der Waals surface area contributed by atoms with E-state index in [1.165, 1.54) is 18.2 Å². The quantitative estimate of drug-likeness (QED) is 0.730. The minimum absolute atomic E-state index is 0.131. The van der Waals surface area contributed by atoms with Gasteiger partial charge in [-0.2, -0.15) is 4.31 Å². The van der Waals surface area contributed by atoms with Crippen LogP contribution in [0.25, 0.3) is 0 Å². The molecule has 1 N–H and O–H groups in total. The lowest BCUT2D eigenvalue weighted by molar-refractivity contribution is -0.137. The molecule has 0 spiro atoms. The van der Waals surface area contributed by atoms with Crippen LogP contribution in [0.4, 0.5) is 0 Å². The van der Waals surface area contributed by atoms with Gasteiger partial charge >= 0.3 is 5.97 Å². The first-order valence-electron chi connectivity index (χ1n) is 7.95. The Kier molecular flexibility index (Phi) is 6.67. The highest BCUT2D eigenvalue weighted by molar-refractivity contribution is 7.89. The minimum atomic E-state index is -4.08. The van der Waals surface area contributed by atoms with Crippen molar-refractivity contribution in [1.29, 1.82) is 0 Å². The van der Waals surface area contributed by atoms with E-state index in [-0.39, 0.29) is 21.6 Å². The molecular weight excluding hydrogens is 370 g/mol. The predicted octanol–water partition coefficient (Wildman–Crippen LogP) is 2.24. The Morgan fingerprint density at radius 1 is 1.48 bits per heavy atom. The molecule has 1 aromatic rings. The summed E-state index contributed by atoms with van der Waals surface area (Å²) >= 11 is 5.97. The smallest absolute Gasteiger partial charge is 0.318 e. The van der Waals surface area contributed by atoms with Gasteiger partial charge in [0, 0.05) is 23.6 Å². The molecule has 0 aromatic heterocycles. The van der Waals surface area contributed by atoms with Gasteiger partial charge in [-0.05, 0) is 38.5 Å². The van der Waals surface area contributed by atoms with E-state index in [4.69, 9.17) is 26.2 Å². The van der Waals surface area contributed by atoms with Gasteiger partial charge in [-0.25, -0.2) is 8.42 Å². The van der Waals surface area contributed by atoms with E-state index in [1.54, 1.807) is 13.8 Å². The standard InChI is InChI=1S/C16H22ClNO6S/c1-11(2)18(8-16(19)20)25(21,22)15-7-13(17)3-4-14(15)24-10-12-5-6-23-9-12/h3-4,7,11-12H,5-6,8-10H2,1-2H3,(H,19,20). The summed E-state index contributed by atoms with van der Waals surface area (Å²) in [5.41, 5.74) is 0. The molecule has 1 aliphatic rings. The molecule has 2 rings (SSSR count). The van der Waals surface area contributed by atoms with Crippen LogP contribution in [-0.2, 0) is 19.6 Å². The number of rotatable bonds is 8. The van der Waals surface area contributed by atoms with Crippen LogP contribution in [0.2, 0.25) is 5.02 Å². The first-order chi connectivity index (χ1) is 11.7. The van der Waals surface area contributed by atoms with Gasteiger partial charge in [0.05, 0.1) is 13.2 Å². The Labute approximate surface area is 152 Å². The zero-order valence-electron chi connectivity index (χ0n) is 14.1. The molecule has 1 unspecified atom stereocenters. The third-order valence-electron chi connectivity index (χ3n) is 3.86. The maximum absolute atomic E-state index is 13.0. The molecular formula is C16H22ClNO6S. The third-order valence-corrected chi connectivity index (χ3v) is 6.14. The van der Waals surface area contributed by atoms with Crippen LogP contribution < -0.4 is 4.74 Å². The number of aliphatic carboxylic acids is 1. The van der Waals surface area contributed by atoms with E-state index in [2.05, 4.69) is 0 Å². The summed E-state index contributed by atoms with van der Waals surface area (Å²) < 4.78 is 37.9. The normalized spacial score (nSPS) is 18.0. The van der Waals surface area contributed by atoms with Crippen LogP contribution in [-0.4, -0.2) is 56.2 Å². The second kappa shape index (κ2) is 8.35. The Hall–Kier alpha value is -1.35. The summed E-state index contributed by atoms with van der Waals surface area (Å²) in [6, 6.07) is 3.79. The molecule has 0 aliphatic carbocycles. The molecule has 1 heterocycles.